The van der Waals surface area contributed by atoms with Crippen LogP contribution in [0.15, 0.2) is 6.07 Å². The highest BCUT2D eigenvalue weighted by Gasteiger charge is 2.13. The third-order valence-electron chi connectivity index (χ3n) is 1.93. The smallest absolute Gasteiger partial charge is 0.358 e. The normalized spacial score (nSPS) is 10.6. The van der Waals surface area contributed by atoms with Gasteiger partial charge in [-0.05, 0) is 30.9 Å². The number of hydrogen-bond acceptors (Lipinski definition) is 4. The number of nitrogens with zero attached hydrogens (tertiary/aromatic N) is 2. The second kappa shape index (κ2) is 5.80. The summed E-state index contributed by atoms with van der Waals surface area (Å²) >= 11 is 5.90. The molecule has 0 atom stereocenters. The van der Waals surface area contributed by atoms with Crippen LogP contribution in [0.3, 0.4) is 0 Å². The molecule has 0 aliphatic heterocycles. The first-order valence-corrected chi connectivity index (χ1v) is 5.61. The number of halogens is 1. The zero-order valence-corrected chi connectivity index (χ0v) is 10.4. The van der Waals surface area contributed by atoms with Gasteiger partial charge in [-0.3, -0.25) is 0 Å². The molecule has 0 bridgehead atoms. The minimum absolute atomic E-state index is 0.210. The first kappa shape index (κ1) is 12.9. The van der Waals surface area contributed by atoms with Crippen LogP contribution in [0.4, 0.5) is 0 Å². The maximum atomic E-state index is 11.4. The highest BCUT2D eigenvalue weighted by molar-refractivity contribution is 6.30. The van der Waals surface area contributed by atoms with Crippen molar-refractivity contribution in [2.45, 2.75) is 27.2 Å². The largest absolute Gasteiger partial charge is 0.461 e. The summed E-state index contributed by atoms with van der Waals surface area (Å²) in [4.78, 5) is 11.4. The summed E-state index contributed by atoms with van der Waals surface area (Å²) in [7, 11) is 0. The van der Waals surface area contributed by atoms with E-state index in [-0.39, 0.29) is 5.69 Å². The zero-order chi connectivity index (χ0) is 12.1. The average Bonchev–Trinajstić information content (AvgIpc) is 2.21. The Bertz CT molecular complexity index is 380. The summed E-state index contributed by atoms with van der Waals surface area (Å²) in [6, 6.07) is 1.65. The molecule has 1 rings (SSSR count). The van der Waals surface area contributed by atoms with Crippen LogP contribution in [0.5, 0.6) is 0 Å². The number of aromatic nitrogens is 2. The fourth-order valence-electron chi connectivity index (χ4n) is 1.30. The van der Waals surface area contributed by atoms with Gasteiger partial charge in [-0.2, -0.15) is 0 Å². The number of carbonyl (C=O) groups excluding carboxylic acids is 1. The van der Waals surface area contributed by atoms with Crippen molar-refractivity contribution in [3.63, 3.8) is 0 Å². The van der Waals surface area contributed by atoms with Crippen LogP contribution in [0.1, 0.15) is 36.8 Å². The van der Waals surface area contributed by atoms with Gasteiger partial charge in [0, 0.05) is 0 Å². The van der Waals surface area contributed by atoms with E-state index in [1.807, 2.05) is 0 Å². The Balaban J connectivity index is 2.93. The van der Waals surface area contributed by atoms with Crippen LogP contribution in [-0.2, 0) is 11.2 Å². The third-order valence-corrected chi connectivity index (χ3v) is 2.25. The predicted octanol–water partition coefficient (Wildman–Crippen LogP) is 2.51. The van der Waals surface area contributed by atoms with Crippen LogP contribution < -0.4 is 0 Å². The van der Waals surface area contributed by atoms with Crippen molar-refractivity contribution in [3.8, 4) is 0 Å². The molecule has 0 aliphatic rings. The molecule has 4 nitrogen and oxygen atoms in total. The molecule has 1 heterocycles. The zero-order valence-electron chi connectivity index (χ0n) is 9.66. The molecule has 0 saturated carbocycles. The van der Waals surface area contributed by atoms with E-state index in [1.54, 1.807) is 13.0 Å². The first-order chi connectivity index (χ1) is 7.54. The molecule has 0 aromatic carbocycles. The Morgan fingerprint density at radius 3 is 2.75 bits per heavy atom. The first-order valence-electron chi connectivity index (χ1n) is 5.23. The van der Waals surface area contributed by atoms with Crippen molar-refractivity contribution < 1.29 is 9.53 Å². The molecule has 1 aromatic rings. The molecule has 0 fully saturated rings. The van der Waals surface area contributed by atoms with Crippen molar-refractivity contribution in [1.82, 2.24) is 10.2 Å². The second-order valence-corrected chi connectivity index (χ2v) is 4.22. The van der Waals surface area contributed by atoms with Gasteiger partial charge in [0.1, 0.15) is 0 Å². The average molecular weight is 243 g/mol. The van der Waals surface area contributed by atoms with E-state index in [0.717, 1.165) is 12.0 Å². The van der Waals surface area contributed by atoms with E-state index < -0.39 is 5.97 Å². The number of carbonyl (C=O) groups is 1. The summed E-state index contributed by atoms with van der Waals surface area (Å²) < 4.78 is 4.84. The van der Waals surface area contributed by atoms with E-state index in [0.29, 0.717) is 17.7 Å². The summed E-state index contributed by atoms with van der Waals surface area (Å²) in [6.07, 6.45) is 0.765. The van der Waals surface area contributed by atoms with Gasteiger partial charge in [-0.25, -0.2) is 4.79 Å². The van der Waals surface area contributed by atoms with Crippen molar-refractivity contribution in [2.75, 3.05) is 6.61 Å². The lowest BCUT2D eigenvalue weighted by Crippen LogP contribution is -2.10. The van der Waals surface area contributed by atoms with Crippen molar-refractivity contribution in [3.05, 3.63) is 22.5 Å². The lowest BCUT2D eigenvalue weighted by Gasteiger charge is -2.07. The molecule has 5 heteroatoms. The van der Waals surface area contributed by atoms with Crippen LogP contribution >= 0.6 is 11.6 Å². The Labute approximate surface area is 100.0 Å². The minimum atomic E-state index is -0.461. The van der Waals surface area contributed by atoms with Crippen molar-refractivity contribution >= 4 is 17.6 Å². The van der Waals surface area contributed by atoms with Crippen molar-refractivity contribution in [1.29, 1.82) is 0 Å². The SMILES string of the molecule is CCOC(=O)c1cc(CC(C)C)c(Cl)nn1. The standard InChI is InChI=1S/C11H15ClN2O2/c1-4-16-11(15)9-6-8(5-7(2)3)10(12)14-13-9/h6-7H,4-5H2,1-3H3. The van der Waals surface area contributed by atoms with Gasteiger partial charge in [-0.15, -0.1) is 10.2 Å². The number of ether oxygens (including phenoxy) is 1. The highest BCUT2D eigenvalue weighted by atomic mass is 35.5. The second-order valence-electron chi connectivity index (χ2n) is 3.86. The summed E-state index contributed by atoms with van der Waals surface area (Å²) in [5.41, 5.74) is 1.04. The molecular weight excluding hydrogens is 228 g/mol. The summed E-state index contributed by atoms with van der Waals surface area (Å²) in [5.74, 6) is -0.0200. The molecular formula is C11H15ClN2O2. The lowest BCUT2D eigenvalue weighted by atomic mass is 10.0. The van der Waals surface area contributed by atoms with Gasteiger partial charge in [0.05, 0.1) is 6.61 Å². The fourth-order valence-corrected chi connectivity index (χ4v) is 1.47. The number of esters is 1. The molecule has 0 saturated heterocycles. The molecule has 0 aliphatic carbocycles. The van der Waals surface area contributed by atoms with E-state index >= 15 is 0 Å². The van der Waals surface area contributed by atoms with Gasteiger partial charge in [0.15, 0.2) is 10.8 Å². The van der Waals surface area contributed by atoms with E-state index in [1.165, 1.54) is 0 Å². The molecule has 0 N–H and O–H groups in total. The van der Waals surface area contributed by atoms with E-state index in [2.05, 4.69) is 24.0 Å². The van der Waals surface area contributed by atoms with Crippen LogP contribution in [0.2, 0.25) is 5.15 Å². The Kier molecular flexibility index (Phi) is 4.68. The monoisotopic (exact) mass is 242 g/mol. The summed E-state index contributed by atoms with van der Waals surface area (Å²) in [6.45, 7) is 6.21. The molecule has 0 unspecified atom stereocenters. The van der Waals surface area contributed by atoms with Gasteiger partial charge >= 0.3 is 5.97 Å². The van der Waals surface area contributed by atoms with Gasteiger partial charge in [0.2, 0.25) is 0 Å². The highest BCUT2D eigenvalue weighted by Crippen LogP contribution is 2.17. The number of rotatable bonds is 4. The van der Waals surface area contributed by atoms with E-state index in [9.17, 15) is 4.79 Å². The fraction of sp³-hybridized carbons (Fsp3) is 0.545. The van der Waals surface area contributed by atoms with Crippen LogP contribution in [-0.4, -0.2) is 22.8 Å². The number of hydrogen-bond donors (Lipinski definition) is 0. The quantitative estimate of drug-likeness (QED) is 0.762. The molecule has 88 valence electrons. The van der Waals surface area contributed by atoms with Crippen molar-refractivity contribution in [2.24, 2.45) is 5.92 Å². The van der Waals surface area contributed by atoms with Gasteiger partial charge in [-0.1, -0.05) is 25.4 Å². The Morgan fingerprint density at radius 1 is 1.50 bits per heavy atom. The summed E-state index contributed by atoms with van der Waals surface area (Å²) in [5, 5.41) is 7.81. The predicted molar refractivity (Wildman–Crippen MR) is 61.5 cm³/mol. The molecule has 16 heavy (non-hydrogen) atoms. The van der Waals surface area contributed by atoms with Gasteiger partial charge in [0.25, 0.3) is 0 Å². The maximum absolute atomic E-state index is 11.4. The topological polar surface area (TPSA) is 52.1 Å². The Hall–Kier alpha value is -1.16. The molecule has 0 radical (unpaired) electrons. The van der Waals surface area contributed by atoms with Gasteiger partial charge < -0.3 is 4.74 Å². The maximum Gasteiger partial charge on any atom is 0.358 e. The molecule has 1 aromatic heterocycles. The van der Waals surface area contributed by atoms with E-state index in [4.69, 9.17) is 16.3 Å². The third kappa shape index (κ3) is 3.45. The minimum Gasteiger partial charge on any atom is -0.461 e. The van der Waals surface area contributed by atoms with Crippen LogP contribution in [0.25, 0.3) is 0 Å². The molecule has 0 spiro atoms. The lowest BCUT2D eigenvalue weighted by molar-refractivity contribution is 0.0518. The van der Waals surface area contributed by atoms with Crippen LogP contribution in [0, 0.1) is 5.92 Å². The molecule has 0 amide bonds. The Morgan fingerprint density at radius 2 is 2.19 bits per heavy atom.